The summed E-state index contributed by atoms with van der Waals surface area (Å²) in [5.41, 5.74) is -0.593. The normalized spacial score (nSPS) is 25.1. The summed E-state index contributed by atoms with van der Waals surface area (Å²) in [4.78, 5) is 18.7. The second-order valence-electron chi connectivity index (χ2n) is 7.15. The van der Waals surface area contributed by atoms with Gasteiger partial charge in [0, 0.05) is 26.7 Å². The van der Waals surface area contributed by atoms with E-state index in [1.165, 1.54) is 6.42 Å². The van der Waals surface area contributed by atoms with Gasteiger partial charge in [-0.15, -0.1) is 0 Å². The molecule has 6 nitrogen and oxygen atoms in total. The minimum atomic E-state index is -0.593. The fraction of sp³-hybridized carbons (Fsp3) is 0.882. The quantitative estimate of drug-likeness (QED) is 0.754. The first-order chi connectivity index (χ1) is 11.0. The van der Waals surface area contributed by atoms with Crippen molar-refractivity contribution < 1.29 is 9.53 Å². The van der Waals surface area contributed by atoms with Crippen molar-refractivity contribution in [1.29, 1.82) is 5.26 Å². The molecule has 0 bridgehead atoms. The first kappa shape index (κ1) is 18.2. The van der Waals surface area contributed by atoms with Crippen molar-refractivity contribution in [1.82, 2.24) is 14.7 Å². The van der Waals surface area contributed by atoms with Crippen LogP contribution in [0.3, 0.4) is 0 Å². The SMILES string of the molecule is CN(C)CC1CN(CC(=O)N(C)C2(C#N)CCCCC2)CCO1. The Labute approximate surface area is 140 Å². The number of hydrogen-bond donors (Lipinski definition) is 0. The molecule has 1 saturated heterocycles. The zero-order chi connectivity index (χ0) is 16.9. The highest BCUT2D eigenvalue weighted by molar-refractivity contribution is 5.79. The molecule has 0 aromatic heterocycles. The number of ether oxygens (including phenoxy) is 1. The van der Waals surface area contributed by atoms with Crippen LogP contribution in [0, 0.1) is 11.3 Å². The zero-order valence-electron chi connectivity index (χ0n) is 14.8. The maximum Gasteiger partial charge on any atom is 0.237 e. The van der Waals surface area contributed by atoms with Gasteiger partial charge in [-0.3, -0.25) is 9.69 Å². The second kappa shape index (κ2) is 8.09. The lowest BCUT2D eigenvalue weighted by Gasteiger charge is -2.40. The number of rotatable bonds is 5. The molecule has 23 heavy (non-hydrogen) atoms. The van der Waals surface area contributed by atoms with Crippen LogP contribution in [0.5, 0.6) is 0 Å². The van der Waals surface area contributed by atoms with Gasteiger partial charge in [0.05, 0.1) is 25.3 Å². The summed E-state index contributed by atoms with van der Waals surface area (Å²) in [6.45, 7) is 3.47. The van der Waals surface area contributed by atoms with E-state index in [1.54, 1.807) is 11.9 Å². The zero-order valence-corrected chi connectivity index (χ0v) is 14.8. The summed E-state index contributed by atoms with van der Waals surface area (Å²) in [5.74, 6) is 0.0546. The molecule has 1 aliphatic heterocycles. The number of hydrogen-bond acceptors (Lipinski definition) is 5. The third kappa shape index (κ3) is 4.66. The number of morpholine rings is 1. The smallest absolute Gasteiger partial charge is 0.237 e. The molecular weight excluding hydrogens is 292 g/mol. The van der Waals surface area contributed by atoms with Crippen LogP contribution in [-0.2, 0) is 9.53 Å². The van der Waals surface area contributed by atoms with Gasteiger partial charge in [0.1, 0.15) is 5.54 Å². The van der Waals surface area contributed by atoms with E-state index in [1.807, 2.05) is 14.1 Å². The second-order valence-corrected chi connectivity index (χ2v) is 7.15. The van der Waals surface area contributed by atoms with Crippen LogP contribution in [0.4, 0.5) is 0 Å². The van der Waals surface area contributed by atoms with E-state index in [2.05, 4.69) is 15.9 Å². The number of carbonyl (C=O) groups is 1. The van der Waals surface area contributed by atoms with E-state index >= 15 is 0 Å². The third-order valence-electron chi connectivity index (χ3n) is 5.06. The topological polar surface area (TPSA) is 59.8 Å². The number of nitriles is 1. The molecule has 2 fully saturated rings. The molecule has 1 unspecified atom stereocenters. The predicted molar refractivity (Wildman–Crippen MR) is 88.9 cm³/mol. The molecule has 0 radical (unpaired) electrons. The molecule has 1 aliphatic carbocycles. The fourth-order valence-corrected chi connectivity index (χ4v) is 3.64. The lowest BCUT2D eigenvalue weighted by atomic mass is 9.81. The van der Waals surface area contributed by atoms with Crippen LogP contribution in [0.1, 0.15) is 32.1 Å². The Hall–Kier alpha value is -1.16. The maximum atomic E-state index is 12.7. The van der Waals surface area contributed by atoms with Gasteiger partial charge in [0.15, 0.2) is 0 Å². The first-order valence-electron chi connectivity index (χ1n) is 8.63. The Balaban J connectivity index is 1.91. The Morgan fingerprint density at radius 3 is 2.61 bits per heavy atom. The van der Waals surface area contributed by atoms with Crippen LogP contribution in [0.15, 0.2) is 0 Å². The van der Waals surface area contributed by atoms with Gasteiger partial charge in [-0.05, 0) is 26.9 Å². The highest BCUT2D eigenvalue weighted by atomic mass is 16.5. The van der Waals surface area contributed by atoms with E-state index in [0.29, 0.717) is 13.2 Å². The fourth-order valence-electron chi connectivity index (χ4n) is 3.64. The molecule has 1 saturated carbocycles. The molecule has 0 aromatic rings. The number of carbonyl (C=O) groups excluding carboxylic acids is 1. The summed E-state index contributed by atoms with van der Waals surface area (Å²) in [5, 5.41) is 9.62. The molecule has 2 aliphatic rings. The van der Waals surface area contributed by atoms with Gasteiger partial charge < -0.3 is 14.5 Å². The van der Waals surface area contributed by atoms with Crippen LogP contribution in [0.2, 0.25) is 0 Å². The summed E-state index contributed by atoms with van der Waals surface area (Å²) < 4.78 is 5.76. The van der Waals surface area contributed by atoms with E-state index < -0.39 is 5.54 Å². The minimum absolute atomic E-state index is 0.0546. The molecule has 0 aromatic carbocycles. The highest BCUT2D eigenvalue weighted by Gasteiger charge is 2.39. The molecule has 1 heterocycles. The van der Waals surface area contributed by atoms with Crippen LogP contribution >= 0.6 is 0 Å². The molecular formula is C17H30N4O2. The Bertz CT molecular complexity index is 440. The summed E-state index contributed by atoms with van der Waals surface area (Å²) in [6, 6.07) is 2.43. The van der Waals surface area contributed by atoms with Crippen molar-refractivity contribution in [3.05, 3.63) is 0 Å². The van der Waals surface area contributed by atoms with Crippen LogP contribution in [0.25, 0.3) is 0 Å². The molecule has 0 spiro atoms. The van der Waals surface area contributed by atoms with Crippen molar-refractivity contribution in [2.24, 2.45) is 0 Å². The van der Waals surface area contributed by atoms with Gasteiger partial charge in [-0.25, -0.2) is 0 Å². The monoisotopic (exact) mass is 322 g/mol. The van der Waals surface area contributed by atoms with Crippen molar-refractivity contribution in [2.75, 3.05) is 53.9 Å². The lowest BCUT2D eigenvalue weighted by molar-refractivity contribution is -0.138. The van der Waals surface area contributed by atoms with Crippen LogP contribution in [-0.4, -0.2) is 86.2 Å². The Morgan fingerprint density at radius 1 is 1.30 bits per heavy atom. The standard InChI is InChI=1S/C17H30N4O2/c1-19(2)11-15-12-21(9-10-23-15)13-16(22)20(3)17(14-18)7-5-4-6-8-17/h15H,4-13H2,1-3H3. The summed E-state index contributed by atoms with van der Waals surface area (Å²) >= 11 is 0. The number of nitrogens with zero attached hydrogens (tertiary/aromatic N) is 4. The largest absolute Gasteiger partial charge is 0.374 e. The van der Waals surface area contributed by atoms with E-state index in [-0.39, 0.29) is 12.0 Å². The lowest BCUT2D eigenvalue weighted by Crippen LogP contribution is -2.55. The number of amides is 1. The van der Waals surface area contributed by atoms with Crippen LogP contribution < -0.4 is 0 Å². The van der Waals surface area contributed by atoms with Gasteiger partial charge in [0.25, 0.3) is 0 Å². The summed E-state index contributed by atoms with van der Waals surface area (Å²) in [7, 11) is 5.86. The van der Waals surface area contributed by atoms with E-state index in [4.69, 9.17) is 4.74 Å². The molecule has 130 valence electrons. The Kier molecular flexibility index (Phi) is 6.40. The predicted octanol–water partition coefficient (Wildman–Crippen LogP) is 0.934. The molecule has 1 amide bonds. The maximum absolute atomic E-state index is 12.7. The molecule has 0 N–H and O–H groups in total. The van der Waals surface area contributed by atoms with Crippen molar-refractivity contribution >= 4 is 5.91 Å². The average molecular weight is 322 g/mol. The van der Waals surface area contributed by atoms with Gasteiger partial charge in [-0.2, -0.15) is 5.26 Å². The minimum Gasteiger partial charge on any atom is -0.374 e. The van der Waals surface area contributed by atoms with E-state index in [9.17, 15) is 10.1 Å². The van der Waals surface area contributed by atoms with Crippen molar-refractivity contribution in [3.8, 4) is 6.07 Å². The van der Waals surface area contributed by atoms with Crippen molar-refractivity contribution in [3.63, 3.8) is 0 Å². The average Bonchev–Trinajstić information content (AvgIpc) is 2.54. The van der Waals surface area contributed by atoms with Gasteiger partial charge in [0.2, 0.25) is 5.91 Å². The number of likely N-dealkylation sites (N-methyl/N-ethyl adjacent to an activating group) is 2. The van der Waals surface area contributed by atoms with E-state index in [0.717, 1.165) is 45.3 Å². The van der Waals surface area contributed by atoms with Crippen molar-refractivity contribution in [2.45, 2.75) is 43.7 Å². The van der Waals surface area contributed by atoms with Gasteiger partial charge in [-0.1, -0.05) is 19.3 Å². The summed E-state index contributed by atoms with van der Waals surface area (Å²) in [6.07, 6.45) is 5.00. The first-order valence-corrected chi connectivity index (χ1v) is 8.63. The molecule has 1 atom stereocenters. The highest BCUT2D eigenvalue weighted by Crippen LogP contribution is 2.32. The molecule has 6 heteroatoms. The van der Waals surface area contributed by atoms with Gasteiger partial charge >= 0.3 is 0 Å². The Morgan fingerprint density at radius 2 is 2.00 bits per heavy atom. The molecule has 2 rings (SSSR count). The third-order valence-corrected chi connectivity index (χ3v) is 5.06.